The molecule has 2 rings (SSSR count). The van der Waals surface area contributed by atoms with Crippen molar-refractivity contribution in [3.05, 3.63) is 53.8 Å². The molecule has 0 atom stereocenters. The highest BCUT2D eigenvalue weighted by Gasteiger charge is 2.02. The monoisotopic (exact) mass is 216 g/mol. The molecular weight excluding hydrogens is 203 g/mol. The first-order valence-electron chi connectivity index (χ1n) is 5.04. The summed E-state index contributed by atoms with van der Waals surface area (Å²) in [6.07, 6.45) is 0. The lowest BCUT2D eigenvalue weighted by atomic mass is 10.2. The topological polar surface area (TPSA) is 38.0 Å². The van der Waals surface area contributed by atoms with Crippen molar-refractivity contribution in [2.24, 2.45) is 0 Å². The molecule has 0 unspecified atom stereocenters. The number of nitrogens with one attached hydrogen (secondary N) is 1. The van der Waals surface area contributed by atoms with E-state index in [-0.39, 0.29) is 5.82 Å². The number of para-hydroxylation sites is 1. The van der Waals surface area contributed by atoms with Crippen molar-refractivity contribution >= 4 is 17.1 Å². The normalized spacial score (nSPS) is 10.1. The number of rotatable bonds is 2. The SMILES string of the molecule is Cc1ccccc1Nc1ccc(F)cc1N. The van der Waals surface area contributed by atoms with Crippen LogP contribution in [-0.2, 0) is 0 Å². The number of benzene rings is 2. The number of hydrogen-bond acceptors (Lipinski definition) is 2. The molecule has 0 bridgehead atoms. The average Bonchev–Trinajstić information content (AvgIpc) is 2.25. The Labute approximate surface area is 93.9 Å². The summed E-state index contributed by atoms with van der Waals surface area (Å²) in [7, 11) is 0. The van der Waals surface area contributed by atoms with Gasteiger partial charge in [-0.3, -0.25) is 0 Å². The molecule has 0 spiro atoms. The van der Waals surface area contributed by atoms with Crippen molar-refractivity contribution in [3.63, 3.8) is 0 Å². The molecule has 0 aliphatic carbocycles. The van der Waals surface area contributed by atoms with E-state index in [1.54, 1.807) is 6.07 Å². The van der Waals surface area contributed by atoms with Crippen LogP contribution in [0.1, 0.15) is 5.56 Å². The first-order valence-corrected chi connectivity index (χ1v) is 5.04. The maximum absolute atomic E-state index is 12.9. The van der Waals surface area contributed by atoms with Crippen molar-refractivity contribution in [1.82, 2.24) is 0 Å². The Morgan fingerprint density at radius 1 is 1.06 bits per heavy atom. The molecule has 0 saturated heterocycles. The predicted octanol–water partition coefficient (Wildman–Crippen LogP) is 3.46. The number of nitrogen functional groups attached to an aromatic ring is 1. The van der Waals surface area contributed by atoms with Crippen LogP contribution in [-0.4, -0.2) is 0 Å². The summed E-state index contributed by atoms with van der Waals surface area (Å²) < 4.78 is 12.9. The van der Waals surface area contributed by atoms with Crippen molar-refractivity contribution in [3.8, 4) is 0 Å². The van der Waals surface area contributed by atoms with Crippen LogP contribution < -0.4 is 11.1 Å². The Balaban J connectivity index is 2.31. The smallest absolute Gasteiger partial charge is 0.125 e. The van der Waals surface area contributed by atoms with Gasteiger partial charge in [0.05, 0.1) is 11.4 Å². The van der Waals surface area contributed by atoms with E-state index in [2.05, 4.69) is 5.32 Å². The summed E-state index contributed by atoms with van der Waals surface area (Å²) in [4.78, 5) is 0. The van der Waals surface area contributed by atoms with Crippen LogP contribution in [0, 0.1) is 12.7 Å². The van der Waals surface area contributed by atoms with Crippen LogP contribution in [0.4, 0.5) is 21.5 Å². The van der Waals surface area contributed by atoms with E-state index in [9.17, 15) is 4.39 Å². The standard InChI is InChI=1S/C13H13FN2/c1-9-4-2-3-5-12(9)16-13-7-6-10(14)8-11(13)15/h2-8,16H,15H2,1H3. The molecule has 82 valence electrons. The zero-order valence-electron chi connectivity index (χ0n) is 9.00. The first-order chi connectivity index (χ1) is 7.66. The minimum absolute atomic E-state index is 0.326. The Kier molecular flexibility index (Phi) is 2.77. The first kappa shape index (κ1) is 10.5. The van der Waals surface area contributed by atoms with E-state index in [4.69, 9.17) is 5.73 Å². The maximum Gasteiger partial charge on any atom is 0.125 e. The molecule has 2 aromatic carbocycles. The van der Waals surface area contributed by atoms with Gasteiger partial charge in [-0.2, -0.15) is 0 Å². The van der Waals surface area contributed by atoms with Crippen molar-refractivity contribution in [2.75, 3.05) is 11.1 Å². The Morgan fingerprint density at radius 2 is 1.81 bits per heavy atom. The fourth-order valence-corrected chi connectivity index (χ4v) is 1.51. The van der Waals surface area contributed by atoms with Crippen LogP contribution in [0.3, 0.4) is 0 Å². The maximum atomic E-state index is 12.9. The van der Waals surface area contributed by atoms with Gasteiger partial charge in [-0.15, -0.1) is 0 Å². The van der Waals surface area contributed by atoms with Crippen LogP contribution in [0.25, 0.3) is 0 Å². The molecule has 0 radical (unpaired) electrons. The number of halogens is 1. The van der Waals surface area contributed by atoms with Gasteiger partial charge in [0.15, 0.2) is 0 Å². The summed E-state index contributed by atoms with van der Waals surface area (Å²) in [5.41, 5.74) is 8.93. The third-order valence-corrected chi connectivity index (χ3v) is 2.43. The second-order valence-electron chi connectivity index (χ2n) is 3.67. The Hall–Kier alpha value is -2.03. The van der Waals surface area contributed by atoms with E-state index in [0.29, 0.717) is 5.69 Å². The van der Waals surface area contributed by atoms with Crippen LogP contribution in [0.2, 0.25) is 0 Å². The van der Waals surface area contributed by atoms with Crippen molar-refractivity contribution in [1.29, 1.82) is 0 Å². The molecule has 16 heavy (non-hydrogen) atoms. The fraction of sp³-hybridized carbons (Fsp3) is 0.0769. The molecule has 3 N–H and O–H groups in total. The van der Waals surface area contributed by atoms with Crippen molar-refractivity contribution in [2.45, 2.75) is 6.92 Å². The molecule has 2 nitrogen and oxygen atoms in total. The lowest BCUT2D eigenvalue weighted by Crippen LogP contribution is -1.98. The van der Waals surface area contributed by atoms with Crippen LogP contribution in [0.5, 0.6) is 0 Å². The summed E-state index contributed by atoms with van der Waals surface area (Å²) in [6, 6.07) is 12.2. The molecule has 0 aliphatic rings. The Bertz CT molecular complexity index is 509. The van der Waals surface area contributed by atoms with Gasteiger partial charge in [-0.1, -0.05) is 18.2 Å². The summed E-state index contributed by atoms with van der Waals surface area (Å²) in [5.74, 6) is -0.326. The molecule has 3 heteroatoms. The molecule has 0 aromatic heterocycles. The molecule has 0 amide bonds. The third-order valence-electron chi connectivity index (χ3n) is 2.43. The molecule has 2 aromatic rings. The zero-order chi connectivity index (χ0) is 11.5. The highest BCUT2D eigenvalue weighted by molar-refractivity contribution is 5.73. The number of hydrogen-bond donors (Lipinski definition) is 2. The summed E-state index contributed by atoms with van der Waals surface area (Å²) >= 11 is 0. The highest BCUT2D eigenvalue weighted by Crippen LogP contribution is 2.25. The average molecular weight is 216 g/mol. The minimum atomic E-state index is -0.326. The van der Waals surface area contributed by atoms with Gasteiger partial charge >= 0.3 is 0 Å². The van der Waals surface area contributed by atoms with Gasteiger partial charge in [-0.25, -0.2) is 4.39 Å². The fourth-order valence-electron chi connectivity index (χ4n) is 1.51. The van der Waals surface area contributed by atoms with E-state index >= 15 is 0 Å². The quantitative estimate of drug-likeness (QED) is 0.754. The Morgan fingerprint density at radius 3 is 2.50 bits per heavy atom. The molecule has 0 saturated carbocycles. The van der Waals surface area contributed by atoms with E-state index in [1.165, 1.54) is 12.1 Å². The van der Waals surface area contributed by atoms with Crippen LogP contribution in [0.15, 0.2) is 42.5 Å². The summed E-state index contributed by atoms with van der Waals surface area (Å²) in [5, 5.41) is 3.18. The van der Waals surface area contributed by atoms with Gasteiger partial charge < -0.3 is 11.1 Å². The van der Waals surface area contributed by atoms with E-state index in [0.717, 1.165) is 16.9 Å². The van der Waals surface area contributed by atoms with Gasteiger partial charge in [0, 0.05) is 5.69 Å². The zero-order valence-corrected chi connectivity index (χ0v) is 9.00. The number of anilines is 3. The second kappa shape index (κ2) is 4.23. The minimum Gasteiger partial charge on any atom is -0.397 e. The molecule has 0 heterocycles. The lowest BCUT2D eigenvalue weighted by Gasteiger charge is -2.11. The van der Waals surface area contributed by atoms with Gasteiger partial charge in [0.2, 0.25) is 0 Å². The third kappa shape index (κ3) is 2.14. The summed E-state index contributed by atoms with van der Waals surface area (Å²) in [6.45, 7) is 2.00. The van der Waals surface area contributed by atoms with Crippen LogP contribution >= 0.6 is 0 Å². The van der Waals surface area contributed by atoms with E-state index < -0.39 is 0 Å². The van der Waals surface area contributed by atoms with Gasteiger partial charge in [-0.05, 0) is 36.8 Å². The lowest BCUT2D eigenvalue weighted by molar-refractivity contribution is 0.628. The highest BCUT2D eigenvalue weighted by atomic mass is 19.1. The predicted molar refractivity (Wildman–Crippen MR) is 65.3 cm³/mol. The van der Waals surface area contributed by atoms with Gasteiger partial charge in [0.1, 0.15) is 5.82 Å². The molecule has 0 aliphatic heterocycles. The largest absolute Gasteiger partial charge is 0.397 e. The second-order valence-corrected chi connectivity index (χ2v) is 3.67. The number of nitrogens with two attached hydrogens (primary N) is 1. The van der Waals surface area contributed by atoms with Gasteiger partial charge in [0.25, 0.3) is 0 Å². The molecule has 0 fully saturated rings. The number of aryl methyl sites for hydroxylation is 1. The molecular formula is C13H13FN2. The van der Waals surface area contributed by atoms with Crippen molar-refractivity contribution < 1.29 is 4.39 Å². The van der Waals surface area contributed by atoms with E-state index in [1.807, 2.05) is 31.2 Å².